The highest BCUT2D eigenvalue weighted by Crippen LogP contribution is 2.16. The Morgan fingerprint density at radius 3 is 2.91 bits per heavy atom. The summed E-state index contributed by atoms with van der Waals surface area (Å²) in [7, 11) is 0. The number of hydrogen-bond donors (Lipinski definition) is 1. The van der Waals surface area contributed by atoms with Crippen LogP contribution >= 0.6 is 0 Å². The average Bonchev–Trinajstić information content (AvgIpc) is 3.23. The van der Waals surface area contributed by atoms with Crippen molar-refractivity contribution in [2.45, 2.75) is 31.8 Å². The summed E-state index contributed by atoms with van der Waals surface area (Å²) >= 11 is 0. The topological polar surface area (TPSA) is 77.2 Å². The zero-order valence-corrected chi connectivity index (χ0v) is 12.6. The number of ether oxygens (including phenoxy) is 1. The van der Waals surface area contributed by atoms with E-state index in [4.69, 9.17) is 9.26 Å². The van der Waals surface area contributed by atoms with Crippen LogP contribution in [0.5, 0.6) is 0 Å². The molecule has 23 heavy (non-hydrogen) atoms. The third-order valence-electron chi connectivity index (χ3n) is 3.69. The Morgan fingerprint density at radius 2 is 2.17 bits per heavy atom. The molecule has 0 bridgehead atoms. The van der Waals surface area contributed by atoms with Gasteiger partial charge in [-0.2, -0.15) is 4.98 Å². The zero-order chi connectivity index (χ0) is 16.1. The number of carbonyl (C=O) groups is 1. The monoisotopic (exact) mass is 319 g/mol. The van der Waals surface area contributed by atoms with Crippen LogP contribution in [0.15, 0.2) is 28.8 Å². The van der Waals surface area contributed by atoms with Gasteiger partial charge in [-0.3, -0.25) is 4.79 Å². The molecule has 3 rings (SSSR count). The predicted octanol–water partition coefficient (Wildman–Crippen LogP) is 2.10. The van der Waals surface area contributed by atoms with Crippen molar-refractivity contribution in [3.63, 3.8) is 0 Å². The third kappa shape index (κ3) is 4.35. The molecule has 122 valence electrons. The van der Waals surface area contributed by atoms with E-state index < -0.39 is 0 Å². The minimum atomic E-state index is -0.319. The highest BCUT2D eigenvalue weighted by molar-refractivity contribution is 5.76. The fourth-order valence-corrected chi connectivity index (χ4v) is 2.41. The third-order valence-corrected chi connectivity index (χ3v) is 3.69. The van der Waals surface area contributed by atoms with E-state index in [0.29, 0.717) is 30.2 Å². The number of aryl methyl sites for hydroxylation is 1. The van der Waals surface area contributed by atoms with Gasteiger partial charge < -0.3 is 14.6 Å². The molecule has 0 radical (unpaired) electrons. The molecule has 1 unspecified atom stereocenters. The summed E-state index contributed by atoms with van der Waals surface area (Å²) in [4.78, 5) is 16.0. The first-order chi connectivity index (χ1) is 11.2. The molecule has 1 amide bonds. The standard InChI is InChI=1S/C16H18FN3O3/c17-12-5-3-11(4-6-12)16-19-15(23-20-16)8-7-14(21)18-10-13-2-1-9-22-13/h3-6,13H,1-2,7-10H2,(H,18,21). The quantitative estimate of drug-likeness (QED) is 0.882. The van der Waals surface area contributed by atoms with E-state index in [9.17, 15) is 9.18 Å². The molecule has 2 heterocycles. The lowest BCUT2D eigenvalue weighted by Gasteiger charge is -2.09. The first kappa shape index (κ1) is 15.6. The summed E-state index contributed by atoms with van der Waals surface area (Å²) < 4.78 is 23.4. The van der Waals surface area contributed by atoms with Gasteiger partial charge in [-0.05, 0) is 37.1 Å². The number of rotatable bonds is 6. The first-order valence-electron chi connectivity index (χ1n) is 7.67. The molecular formula is C16H18FN3O3. The summed E-state index contributed by atoms with van der Waals surface area (Å²) in [5.74, 6) is 0.388. The van der Waals surface area contributed by atoms with E-state index in [0.717, 1.165) is 19.4 Å². The van der Waals surface area contributed by atoms with Crippen molar-refractivity contribution >= 4 is 5.91 Å². The zero-order valence-electron chi connectivity index (χ0n) is 12.6. The van der Waals surface area contributed by atoms with Gasteiger partial charge in [0.1, 0.15) is 5.82 Å². The van der Waals surface area contributed by atoms with Crippen LogP contribution in [0.25, 0.3) is 11.4 Å². The van der Waals surface area contributed by atoms with E-state index in [1.165, 1.54) is 12.1 Å². The summed E-state index contributed by atoms with van der Waals surface area (Å²) in [5, 5.41) is 6.69. The van der Waals surface area contributed by atoms with E-state index in [-0.39, 0.29) is 24.2 Å². The van der Waals surface area contributed by atoms with Gasteiger partial charge in [-0.1, -0.05) is 5.16 Å². The maximum absolute atomic E-state index is 12.9. The number of carbonyl (C=O) groups excluding carboxylic acids is 1. The molecule has 2 aromatic rings. The number of nitrogens with one attached hydrogen (secondary N) is 1. The van der Waals surface area contributed by atoms with Crippen LogP contribution in [-0.4, -0.2) is 35.3 Å². The van der Waals surface area contributed by atoms with Crippen LogP contribution in [0.4, 0.5) is 4.39 Å². The Kier molecular flexibility index (Phi) is 4.97. The van der Waals surface area contributed by atoms with E-state index in [1.54, 1.807) is 12.1 Å². The predicted molar refractivity (Wildman–Crippen MR) is 80.0 cm³/mol. The van der Waals surface area contributed by atoms with Crippen LogP contribution in [0, 0.1) is 5.82 Å². The van der Waals surface area contributed by atoms with Gasteiger partial charge in [0.15, 0.2) is 0 Å². The van der Waals surface area contributed by atoms with E-state index in [1.807, 2.05) is 0 Å². The van der Waals surface area contributed by atoms with Gasteiger partial charge in [-0.25, -0.2) is 4.39 Å². The highest BCUT2D eigenvalue weighted by Gasteiger charge is 2.16. The maximum Gasteiger partial charge on any atom is 0.227 e. The molecule has 1 fully saturated rings. The SMILES string of the molecule is O=C(CCc1nc(-c2ccc(F)cc2)no1)NCC1CCCO1. The minimum absolute atomic E-state index is 0.0676. The van der Waals surface area contributed by atoms with Crippen molar-refractivity contribution in [1.82, 2.24) is 15.5 Å². The number of aromatic nitrogens is 2. The molecule has 7 heteroatoms. The number of hydrogen-bond acceptors (Lipinski definition) is 5. The van der Waals surface area contributed by atoms with Crippen LogP contribution in [0.3, 0.4) is 0 Å². The number of amides is 1. The van der Waals surface area contributed by atoms with Crippen LogP contribution in [0.2, 0.25) is 0 Å². The molecule has 1 N–H and O–H groups in total. The molecule has 1 aliphatic heterocycles. The molecule has 1 aromatic heterocycles. The molecule has 0 spiro atoms. The number of halogens is 1. The Morgan fingerprint density at radius 1 is 1.35 bits per heavy atom. The molecule has 1 saturated heterocycles. The molecule has 0 saturated carbocycles. The maximum atomic E-state index is 12.9. The van der Waals surface area contributed by atoms with Gasteiger partial charge in [0.25, 0.3) is 0 Å². The van der Waals surface area contributed by atoms with E-state index in [2.05, 4.69) is 15.5 Å². The van der Waals surface area contributed by atoms with Gasteiger partial charge in [0.2, 0.25) is 17.6 Å². The van der Waals surface area contributed by atoms with Crippen molar-refractivity contribution in [2.75, 3.05) is 13.2 Å². The molecule has 0 aliphatic carbocycles. The molecule has 1 aromatic carbocycles. The van der Waals surface area contributed by atoms with E-state index >= 15 is 0 Å². The summed E-state index contributed by atoms with van der Waals surface area (Å²) in [6, 6.07) is 5.84. The molecular weight excluding hydrogens is 301 g/mol. The van der Waals surface area contributed by atoms with Crippen molar-refractivity contribution < 1.29 is 18.4 Å². The van der Waals surface area contributed by atoms with Gasteiger partial charge in [0.05, 0.1) is 6.10 Å². The average molecular weight is 319 g/mol. The second-order valence-corrected chi connectivity index (χ2v) is 5.46. The first-order valence-corrected chi connectivity index (χ1v) is 7.67. The van der Waals surface area contributed by atoms with Crippen LogP contribution in [-0.2, 0) is 16.0 Å². The fourth-order valence-electron chi connectivity index (χ4n) is 2.41. The minimum Gasteiger partial charge on any atom is -0.376 e. The van der Waals surface area contributed by atoms with Gasteiger partial charge >= 0.3 is 0 Å². The largest absolute Gasteiger partial charge is 0.376 e. The molecule has 6 nitrogen and oxygen atoms in total. The fraction of sp³-hybridized carbons (Fsp3) is 0.438. The molecule has 1 atom stereocenters. The normalized spacial score (nSPS) is 17.3. The Hall–Kier alpha value is -2.28. The second-order valence-electron chi connectivity index (χ2n) is 5.46. The number of benzene rings is 1. The Balaban J connectivity index is 1.47. The van der Waals surface area contributed by atoms with Crippen molar-refractivity contribution in [2.24, 2.45) is 0 Å². The van der Waals surface area contributed by atoms with Crippen molar-refractivity contribution in [1.29, 1.82) is 0 Å². The Bertz CT molecular complexity index is 651. The van der Waals surface area contributed by atoms with Crippen molar-refractivity contribution in [3.05, 3.63) is 36.0 Å². The van der Waals surface area contributed by atoms with Crippen LogP contribution < -0.4 is 5.32 Å². The Labute approximate surface area is 133 Å². The van der Waals surface area contributed by atoms with Gasteiger partial charge in [0, 0.05) is 31.6 Å². The van der Waals surface area contributed by atoms with Crippen LogP contribution in [0.1, 0.15) is 25.2 Å². The lowest BCUT2D eigenvalue weighted by Crippen LogP contribution is -2.31. The lowest BCUT2D eigenvalue weighted by molar-refractivity contribution is -0.121. The lowest BCUT2D eigenvalue weighted by atomic mass is 10.2. The summed E-state index contributed by atoms with van der Waals surface area (Å²) in [6.07, 6.45) is 2.82. The smallest absolute Gasteiger partial charge is 0.227 e. The summed E-state index contributed by atoms with van der Waals surface area (Å²) in [6.45, 7) is 1.32. The van der Waals surface area contributed by atoms with Crippen molar-refractivity contribution in [3.8, 4) is 11.4 Å². The number of nitrogens with zero attached hydrogens (tertiary/aromatic N) is 2. The molecule has 1 aliphatic rings. The highest BCUT2D eigenvalue weighted by atomic mass is 19.1. The van der Waals surface area contributed by atoms with Gasteiger partial charge in [-0.15, -0.1) is 0 Å². The second kappa shape index (κ2) is 7.32. The summed E-state index contributed by atoms with van der Waals surface area (Å²) in [5.41, 5.74) is 0.671.